The second-order valence-corrected chi connectivity index (χ2v) is 8.20. The summed E-state index contributed by atoms with van der Waals surface area (Å²) in [5.41, 5.74) is 0.911. The van der Waals surface area contributed by atoms with Gasteiger partial charge in [-0.3, -0.25) is 9.59 Å². The van der Waals surface area contributed by atoms with Crippen molar-refractivity contribution in [2.45, 2.75) is 19.0 Å². The third-order valence-corrected chi connectivity index (χ3v) is 6.02. The van der Waals surface area contributed by atoms with Crippen LogP contribution < -0.4 is 9.47 Å². The lowest BCUT2D eigenvalue weighted by molar-refractivity contribution is -0.140. The number of hydrogen-bond acceptors (Lipinski definition) is 6. The zero-order valence-electron chi connectivity index (χ0n) is 18.8. The molecule has 1 N–H and O–H groups in total. The van der Waals surface area contributed by atoms with Crippen LogP contribution in [0.3, 0.4) is 0 Å². The molecule has 1 atom stereocenters. The van der Waals surface area contributed by atoms with Crippen molar-refractivity contribution in [2.75, 3.05) is 20.8 Å². The number of aryl methyl sites for hydroxylation is 1. The molecule has 1 aliphatic rings. The number of imidazole rings is 1. The molecule has 4 rings (SSSR count). The van der Waals surface area contributed by atoms with Gasteiger partial charge in [0.25, 0.3) is 11.7 Å². The quantitative estimate of drug-likeness (QED) is 0.296. The molecule has 1 aliphatic heterocycles. The van der Waals surface area contributed by atoms with Crippen molar-refractivity contribution < 1.29 is 24.2 Å². The van der Waals surface area contributed by atoms with Gasteiger partial charge < -0.3 is 24.0 Å². The summed E-state index contributed by atoms with van der Waals surface area (Å²) in [7, 11) is 3.04. The number of ketones is 1. The van der Waals surface area contributed by atoms with Gasteiger partial charge in [-0.15, -0.1) is 0 Å². The van der Waals surface area contributed by atoms with Crippen LogP contribution in [-0.2, 0) is 16.1 Å². The van der Waals surface area contributed by atoms with E-state index in [9.17, 15) is 14.7 Å². The standard InChI is InChI=1S/C25H24ClN3O5/c1-33-18-8-9-20(34-2)19(14-18)22-21(23(30)16-4-6-17(26)7-5-16)24(31)25(32)29(22)12-3-11-28-13-10-27-15-28/h4-10,13-15,22,30H,3,11-12H2,1-2H3/b23-21+/t22-/m0/s1. The van der Waals surface area contributed by atoms with Crippen LogP contribution in [0.2, 0.25) is 5.02 Å². The number of rotatable bonds is 8. The Hall–Kier alpha value is -3.78. The maximum Gasteiger partial charge on any atom is 0.295 e. The predicted molar refractivity (Wildman–Crippen MR) is 127 cm³/mol. The summed E-state index contributed by atoms with van der Waals surface area (Å²) < 4.78 is 12.8. The molecule has 1 saturated heterocycles. The minimum atomic E-state index is -0.858. The van der Waals surface area contributed by atoms with Crippen LogP contribution in [0.5, 0.6) is 11.5 Å². The molecule has 0 saturated carbocycles. The van der Waals surface area contributed by atoms with Crippen LogP contribution >= 0.6 is 11.6 Å². The fourth-order valence-electron chi connectivity index (χ4n) is 4.09. The maximum absolute atomic E-state index is 13.2. The smallest absolute Gasteiger partial charge is 0.295 e. The molecule has 176 valence electrons. The van der Waals surface area contributed by atoms with E-state index >= 15 is 0 Å². The highest BCUT2D eigenvalue weighted by Gasteiger charge is 2.47. The third-order valence-electron chi connectivity index (χ3n) is 5.76. The lowest BCUT2D eigenvalue weighted by Crippen LogP contribution is -2.31. The van der Waals surface area contributed by atoms with E-state index in [0.29, 0.717) is 40.6 Å². The number of ether oxygens (including phenoxy) is 2. The molecular formula is C25H24ClN3O5. The lowest BCUT2D eigenvalue weighted by Gasteiger charge is -2.27. The third kappa shape index (κ3) is 4.49. The molecule has 34 heavy (non-hydrogen) atoms. The number of likely N-dealkylation sites (tertiary alicyclic amines) is 1. The van der Waals surface area contributed by atoms with E-state index in [4.69, 9.17) is 21.1 Å². The van der Waals surface area contributed by atoms with Crippen molar-refractivity contribution in [3.8, 4) is 11.5 Å². The van der Waals surface area contributed by atoms with Crippen molar-refractivity contribution in [3.05, 3.63) is 82.9 Å². The first-order valence-electron chi connectivity index (χ1n) is 10.7. The van der Waals surface area contributed by atoms with E-state index in [-0.39, 0.29) is 17.9 Å². The minimum absolute atomic E-state index is 0.0125. The molecule has 1 amide bonds. The molecule has 1 fully saturated rings. The number of aliphatic hydroxyl groups is 1. The zero-order chi connectivity index (χ0) is 24.2. The number of amides is 1. The molecule has 3 aromatic rings. The molecule has 2 heterocycles. The van der Waals surface area contributed by atoms with Crippen molar-refractivity contribution in [1.82, 2.24) is 14.5 Å². The van der Waals surface area contributed by atoms with Gasteiger partial charge in [0.05, 0.1) is 32.2 Å². The predicted octanol–water partition coefficient (Wildman–Crippen LogP) is 4.07. The Morgan fingerprint density at radius 3 is 2.50 bits per heavy atom. The van der Waals surface area contributed by atoms with E-state index in [1.807, 2.05) is 10.8 Å². The molecule has 1 aromatic heterocycles. The number of hydrogen-bond donors (Lipinski definition) is 1. The highest BCUT2D eigenvalue weighted by Crippen LogP contribution is 2.44. The largest absolute Gasteiger partial charge is 0.507 e. The number of halogens is 1. The highest BCUT2D eigenvalue weighted by molar-refractivity contribution is 6.46. The number of aliphatic hydroxyl groups excluding tert-OH is 1. The van der Waals surface area contributed by atoms with Crippen LogP contribution in [0.25, 0.3) is 5.76 Å². The molecule has 2 aromatic carbocycles. The Morgan fingerprint density at radius 2 is 1.85 bits per heavy atom. The fourth-order valence-corrected chi connectivity index (χ4v) is 4.22. The van der Waals surface area contributed by atoms with Crippen molar-refractivity contribution >= 4 is 29.1 Å². The first-order chi connectivity index (χ1) is 16.4. The average Bonchev–Trinajstić information content (AvgIpc) is 3.46. The SMILES string of the molecule is COc1ccc(OC)c([C@H]2/C(=C(\O)c3ccc(Cl)cc3)C(=O)C(=O)N2CCCn2ccnc2)c1. The van der Waals surface area contributed by atoms with Crippen LogP contribution in [0.1, 0.15) is 23.6 Å². The average molecular weight is 482 g/mol. The number of methoxy groups -OCH3 is 2. The molecular weight excluding hydrogens is 458 g/mol. The van der Waals surface area contributed by atoms with E-state index in [2.05, 4.69) is 4.98 Å². The number of carbonyl (C=O) groups excluding carboxylic acids is 2. The first kappa shape index (κ1) is 23.4. The summed E-state index contributed by atoms with van der Waals surface area (Å²) in [6, 6.07) is 10.7. The maximum atomic E-state index is 13.2. The first-order valence-corrected chi connectivity index (χ1v) is 11.0. The normalized spacial score (nSPS) is 17.3. The number of aromatic nitrogens is 2. The van der Waals surface area contributed by atoms with Crippen molar-refractivity contribution in [1.29, 1.82) is 0 Å². The summed E-state index contributed by atoms with van der Waals surface area (Å²) in [4.78, 5) is 31.9. The summed E-state index contributed by atoms with van der Waals surface area (Å²) in [6.07, 6.45) is 5.78. The van der Waals surface area contributed by atoms with Gasteiger partial charge in [-0.1, -0.05) is 11.6 Å². The molecule has 0 bridgehead atoms. The molecule has 0 radical (unpaired) electrons. The topological polar surface area (TPSA) is 93.9 Å². The van der Waals surface area contributed by atoms with Gasteiger partial charge in [0, 0.05) is 41.6 Å². The Labute approximate surface area is 202 Å². The van der Waals surface area contributed by atoms with Gasteiger partial charge in [0.1, 0.15) is 17.3 Å². The summed E-state index contributed by atoms with van der Waals surface area (Å²) in [6.45, 7) is 0.896. The van der Waals surface area contributed by atoms with Crippen LogP contribution in [0.15, 0.2) is 66.8 Å². The monoisotopic (exact) mass is 481 g/mol. The second-order valence-electron chi connectivity index (χ2n) is 7.76. The van der Waals surface area contributed by atoms with Gasteiger partial charge in [0.15, 0.2) is 0 Å². The van der Waals surface area contributed by atoms with Gasteiger partial charge in [0.2, 0.25) is 0 Å². The van der Waals surface area contributed by atoms with Gasteiger partial charge >= 0.3 is 0 Å². The summed E-state index contributed by atoms with van der Waals surface area (Å²) in [5.74, 6) is -0.719. The Morgan fingerprint density at radius 1 is 1.09 bits per heavy atom. The number of benzene rings is 2. The van der Waals surface area contributed by atoms with E-state index in [1.54, 1.807) is 55.0 Å². The Balaban J connectivity index is 1.81. The molecule has 0 spiro atoms. The minimum Gasteiger partial charge on any atom is -0.507 e. The van der Waals surface area contributed by atoms with Crippen LogP contribution in [0.4, 0.5) is 0 Å². The van der Waals surface area contributed by atoms with E-state index < -0.39 is 17.7 Å². The highest BCUT2D eigenvalue weighted by atomic mass is 35.5. The van der Waals surface area contributed by atoms with E-state index in [0.717, 1.165) is 0 Å². The van der Waals surface area contributed by atoms with Gasteiger partial charge in [-0.25, -0.2) is 4.98 Å². The van der Waals surface area contributed by atoms with Gasteiger partial charge in [-0.05, 0) is 48.9 Å². The second kappa shape index (κ2) is 10.0. The fraction of sp³-hybridized carbons (Fsp3) is 0.240. The molecule has 8 nitrogen and oxygen atoms in total. The van der Waals surface area contributed by atoms with E-state index in [1.165, 1.54) is 19.1 Å². The number of carbonyl (C=O) groups is 2. The summed E-state index contributed by atoms with van der Waals surface area (Å²) >= 11 is 5.98. The molecule has 0 aliphatic carbocycles. The number of Topliss-reactive ketones (excluding diaryl/α,β-unsaturated/α-hetero) is 1. The number of nitrogens with zero attached hydrogens (tertiary/aromatic N) is 3. The van der Waals surface area contributed by atoms with Crippen LogP contribution in [0, 0.1) is 0 Å². The Kier molecular flexibility index (Phi) is 6.88. The molecule has 9 heteroatoms. The zero-order valence-corrected chi connectivity index (χ0v) is 19.5. The van der Waals surface area contributed by atoms with Gasteiger partial charge in [-0.2, -0.15) is 0 Å². The lowest BCUT2D eigenvalue weighted by atomic mass is 9.94. The Bertz CT molecular complexity index is 1220. The van der Waals surface area contributed by atoms with Crippen LogP contribution in [-0.4, -0.2) is 52.0 Å². The summed E-state index contributed by atoms with van der Waals surface area (Å²) in [5, 5.41) is 11.7. The molecule has 0 unspecified atom stereocenters. The van der Waals surface area contributed by atoms with Crippen molar-refractivity contribution in [3.63, 3.8) is 0 Å². The van der Waals surface area contributed by atoms with Crippen molar-refractivity contribution in [2.24, 2.45) is 0 Å².